The minimum atomic E-state index is -3.72. The van der Waals surface area contributed by atoms with Crippen molar-refractivity contribution in [3.63, 3.8) is 0 Å². The van der Waals surface area contributed by atoms with Crippen LogP contribution in [0.5, 0.6) is 5.75 Å². The van der Waals surface area contributed by atoms with E-state index in [0.717, 1.165) is 4.88 Å². The molecule has 5 nitrogen and oxygen atoms in total. The average molecular weight is 387 g/mol. The summed E-state index contributed by atoms with van der Waals surface area (Å²) in [6.07, 6.45) is 0. The molecule has 0 unspecified atom stereocenters. The largest absolute Gasteiger partial charge is 0.495 e. The summed E-state index contributed by atoms with van der Waals surface area (Å²) in [4.78, 5) is 13.8. The molecule has 0 aliphatic carbocycles. The number of thiophene rings is 1. The smallest absolute Gasteiger partial charge is 0.244 e. The molecular weight excluding hydrogens is 370 g/mol. The second kappa shape index (κ2) is 7.82. The lowest BCUT2D eigenvalue weighted by molar-refractivity contribution is 0.104. The van der Waals surface area contributed by atoms with Crippen molar-refractivity contribution in [2.45, 2.75) is 11.4 Å². The number of benzene rings is 2. The molecule has 0 fully saturated rings. The van der Waals surface area contributed by atoms with Crippen LogP contribution in [0.1, 0.15) is 20.1 Å². The standard InChI is InChI=1S/C19H17NO4S2/c1-24-16-9-5-6-10-18(16)26(22,23)20-13-15-11-12-17(25-15)19(21)14-7-3-2-4-8-14/h2-12,20H,13H2,1H3. The molecule has 1 aromatic heterocycles. The maximum absolute atomic E-state index is 12.5. The predicted molar refractivity (Wildman–Crippen MR) is 101 cm³/mol. The van der Waals surface area contributed by atoms with Crippen LogP contribution in [0.25, 0.3) is 0 Å². The Morgan fingerprint density at radius 2 is 1.69 bits per heavy atom. The Labute approximate surface area is 156 Å². The molecule has 0 saturated heterocycles. The Hall–Kier alpha value is -2.48. The summed E-state index contributed by atoms with van der Waals surface area (Å²) in [6.45, 7) is 0.104. The molecule has 3 rings (SSSR count). The number of hydrogen-bond acceptors (Lipinski definition) is 5. The summed E-state index contributed by atoms with van der Waals surface area (Å²) in [7, 11) is -2.29. The Morgan fingerprint density at radius 3 is 2.42 bits per heavy atom. The molecule has 0 bridgehead atoms. The van der Waals surface area contributed by atoms with E-state index in [1.54, 1.807) is 42.5 Å². The molecule has 3 aromatic rings. The van der Waals surface area contributed by atoms with Gasteiger partial charge in [-0.2, -0.15) is 0 Å². The number of carbonyl (C=O) groups excluding carboxylic acids is 1. The third-order valence-corrected chi connectivity index (χ3v) is 6.24. The van der Waals surface area contributed by atoms with Gasteiger partial charge in [-0.05, 0) is 24.3 Å². The topological polar surface area (TPSA) is 72.5 Å². The van der Waals surface area contributed by atoms with E-state index < -0.39 is 10.0 Å². The first-order chi connectivity index (χ1) is 12.5. The number of ketones is 1. The summed E-state index contributed by atoms with van der Waals surface area (Å²) >= 11 is 1.27. The van der Waals surface area contributed by atoms with Crippen LogP contribution < -0.4 is 9.46 Å². The molecule has 0 saturated carbocycles. The fourth-order valence-electron chi connectivity index (χ4n) is 2.41. The number of para-hydroxylation sites is 1. The Bertz CT molecular complexity index is 1010. The highest BCUT2D eigenvalue weighted by molar-refractivity contribution is 7.89. The van der Waals surface area contributed by atoms with Crippen molar-refractivity contribution in [1.29, 1.82) is 0 Å². The number of carbonyl (C=O) groups is 1. The fraction of sp³-hybridized carbons (Fsp3) is 0.105. The lowest BCUT2D eigenvalue weighted by Crippen LogP contribution is -2.23. The number of hydrogen-bond donors (Lipinski definition) is 1. The highest BCUT2D eigenvalue weighted by atomic mass is 32.2. The zero-order valence-electron chi connectivity index (χ0n) is 14.0. The molecule has 26 heavy (non-hydrogen) atoms. The van der Waals surface area contributed by atoms with E-state index >= 15 is 0 Å². The van der Waals surface area contributed by atoms with Crippen LogP contribution in [0, 0.1) is 0 Å². The Balaban J connectivity index is 1.73. The van der Waals surface area contributed by atoms with E-state index in [0.29, 0.717) is 10.4 Å². The zero-order valence-corrected chi connectivity index (χ0v) is 15.6. The molecule has 0 atom stereocenters. The van der Waals surface area contributed by atoms with E-state index in [4.69, 9.17) is 4.74 Å². The van der Waals surface area contributed by atoms with E-state index in [1.807, 2.05) is 18.2 Å². The van der Waals surface area contributed by atoms with Gasteiger partial charge in [-0.25, -0.2) is 13.1 Å². The number of sulfonamides is 1. The number of nitrogens with one attached hydrogen (secondary N) is 1. The van der Waals surface area contributed by atoms with E-state index in [2.05, 4.69) is 4.72 Å². The third kappa shape index (κ3) is 4.01. The van der Waals surface area contributed by atoms with Gasteiger partial charge < -0.3 is 4.74 Å². The minimum absolute atomic E-state index is 0.0746. The fourth-order valence-corrected chi connectivity index (χ4v) is 4.59. The Morgan fingerprint density at radius 1 is 1.00 bits per heavy atom. The number of ether oxygens (including phenoxy) is 1. The third-order valence-electron chi connectivity index (χ3n) is 3.72. The lowest BCUT2D eigenvalue weighted by Gasteiger charge is -2.09. The molecule has 1 heterocycles. The van der Waals surface area contributed by atoms with Gasteiger partial charge in [0.15, 0.2) is 0 Å². The van der Waals surface area contributed by atoms with Crippen molar-refractivity contribution in [3.05, 3.63) is 82.0 Å². The molecule has 0 amide bonds. The molecule has 0 radical (unpaired) electrons. The van der Waals surface area contributed by atoms with Gasteiger partial charge in [0, 0.05) is 17.0 Å². The molecule has 2 aromatic carbocycles. The summed E-state index contributed by atoms with van der Waals surface area (Å²) < 4.78 is 32.6. The van der Waals surface area contributed by atoms with E-state index in [9.17, 15) is 13.2 Å². The van der Waals surface area contributed by atoms with Crippen LogP contribution in [0.3, 0.4) is 0 Å². The van der Waals surface area contributed by atoms with Crippen molar-refractivity contribution in [1.82, 2.24) is 4.72 Å². The molecule has 7 heteroatoms. The number of methoxy groups -OCH3 is 1. The van der Waals surface area contributed by atoms with Gasteiger partial charge in [0.2, 0.25) is 15.8 Å². The van der Waals surface area contributed by atoms with Crippen molar-refractivity contribution < 1.29 is 17.9 Å². The minimum Gasteiger partial charge on any atom is -0.495 e. The monoisotopic (exact) mass is 387 g/mol. The van der Waals surface area contributed by atoms with Crippen LogP contribution in [-0.4, -0.2) is 21.3 Å². The lowest BCUT2D eigenvalue weighted by atomic mass is 10.1. The molecular formula is C19H17NO4S2. The van der Waals surface area contributed by atoms with Crippen molar-refractivity contribution in [2.24, 2.45) is 0 Å². The van der Waals surface area contributed by atoms with Gasteiger partial charge in [0.05, 0.1) is 12.0 Å². The van der Waals surface area contributed by atoms with Crippen LogP contribution >= 0.6 is 11.3 Å². The van der Waals surface area contributed by atoms with Crippen LogP contribution in [0.4, 0.5) is 0 Å². The first kappa shape index (κ1) is 18.3. The second-order valence-corrected chi connectivity index (χ2v) is 8.34. The normalized spacial score (nSPS) is 11.3. The van der Waals surface area contributed by atoms with Crippen LogP contribution in [0.15, 0.2) is 71.6 Å². The molecule has 0 spiro atoms. The van der Waals surface area contributed by atoms with Crippen LogP contribution in [-0.2, 0) is 16.6 Å². The van der Waals surface area contributed by atoms with E-state index in [-0.39, 0.29) is 23.0 Å². The first-order valence-electron chi connectivity index (χ1n) is 7.82. The molecule has 134 valence electrons. The number of rotatable bonds is 7. The summed E-state index contributed by atoms with van der Waals surface area (Å²) in [5.41, 5.74) is 0.607. The maximum atomic E-state index is 12.5. The summed E-state index contributed by atoms with van der Waals surface area (Å²) in [6, 6.07) is 18.9. The van der Waals surface area contributed by atoms with E-state index in [1.165, 1.54) is 24.5 Å². The van der Waals surface area contributed by atoms with Gasteiger partial charge in [-0.3, -0.25) is 4.79 Å². The van der Waals surface area contributed by atoms with Crippen molar-refractivity contribution >= 4 is 27.1 Å². The average Bonchev–Trinajstić information content (AvgIpc) is 3.15. The van der Waals surface area contributed by atoms with Gasteiger partial charge in [0.25, 0.3) is 0 Å². The van der Waals surface area contributed by atoms with Gasteiger partial charge in [-0.1, -0.05) is 42.5 Å². The molecule has 1 N–H and O–H groups in total. The van der Waals surface area contributed by atoms with Gasteiger partial charge >= 0.3 is 0 Å². The SMILES string of the molecule is COc1ccccc1S(=O)(=O)NCc1ccc(C(=O)c2ccccc2)s1. The highest BCUT2D eigenvalue weighted by Crippen LogP contribution is 2.24. The predicted octanol–water partition coefficient (Wildman–Crippen LogP) is 3.47. The molecule has 0 aliphatic heterocycles. The Kier molecular flexibility index (Phi) is 5.51. The first-order valence-corrected chi connectivity index (χ1v) is 10.1. The summed E-state index contributed by atoms with van der Waals surface area (Å²) in [5, 5.41) is 0. The van der Waals surface area contributed by atoms with Gasteiger partial charge in [0.1, 0.15) is 10.6 Å². The maximum Gasteiger partial charge on any atom is 0.244 e. The van der Waals surface area contributed by atoms with Crippen molar-refractivity contribution in [2.75, 3.05) is 7.11 Å². The zero-order chi connectivity index (χ0) is 18.6. The summed E-state index contributed by atoms with van der Waals surface area (Å²) in [5.74, 6) is 0.209. The van der Waals surface area contributed by atoms with Crippen molar-refractivity contribution in [3.8, 4) is 5.75 Å². The second-order valence-electron chi connectivity index (χ2n) is 5.44. The van der Waals surface area contributed by atoms with Gasteiger partial charge in [-0.15, -0.1) is 11.3 Å². The molecule has 0 aliphatic rings. The quantitative estimate of drug-likeness (QED) is 0.630. The van der Waals surface area contributed by atoms with Crippen LogP contribution in [0.2, 0.25) is 0 Å². The highest BCUT2D eigenvalue weighted by Gasteiger charge is 2.19.